The minimum absolute atomic E-state index is 0.175. The molecule has 0 unspecified atom stereocenters. The Morgan fingerprint density at radius 1 is 1.10 bits per heavy atom. The van der Waals surface area contributed by atoms with Crippen LogP contribution >= 0.6 is 23.2 Å². The maximum atomic E-state index is 6.22. The van der Waals surface area contributed by atoms with Crippen LogP contribution in [0.4, 0.5) is 11.6 Å². The summed E-state index contributed by atoms with van der Waals surface area (Å²) >= 11 is 12.1. The van der Waals surface area contributed by atoms with E-state index < -0.39 is 0 Å². The topological polar surface area (TPSA) is 104 Å². The number of nitrogens with two attached hydrogens (primary N) is 1. The molecule has 0 fully saturated rings. The van der Waals surface area contributed by atoms with Crippen molar-refractivity contribution >= 4 is 69.3 Å². The van der Waals surface area contributed by atoms with E-state index in [1.807, 2.05) is 30.3 Å². The van der Waals surface area contributed by atoms with Gasteiger partial charge < -0.3 is 16.0 Å². The van der Waals surface area contributed by atoms with Crippen LogP contribution in [0.1, 0.15) is 5.56 Å². The second-order valence-corrected chi connectivity index (χ2v) is 7.24. The van der Waals surface area contributed by atoms with Gasteiger partial charge in [-0.1, -0.05) is 23.2 Å². The van der Waals surface area contributed by atoms with Crippen LogP contribution in [-0.4, -0.2) is 34.2 Å². The Morgan fingerprint density at radius 3 is 2.66 bits per heavy atom. The molecular weight excluding hydrogens is 409 g/mol. The van der Waals surface area contributed by atoms with Crippen LogP contribution in [0.15, 0.2) is 52.7 Å². The molecule has 0 saturated heterocycles. The molecule has 9 heteroatoms. The number of halogens is 2. The summed E-state index contributed by atoms with van der Waals surface area (Å²) in [6, 6.07) is 9.84. The Bertz CT molecular complexity index is 1230. The molecule has 7 nitrogen and oxygen atoms in total. The first-order chi connectivity index (χ1) is 14.0. The lowest BCUT2D eigenvalue weighted by Crippen LogP contribution is -2.08. The zero-order valence-electron chi connectivity index (χ0n) is 15.3. The summed E-state index contributed by atoms with van der Waals surface area (Å²) in [6.45, 7) is 3.87. The monoisotopic (exact) mass is 425 g/mol. The minimum Gasteiger partial charge on any atom is -0.368 e. The van der Waals surface area contributed by atoms with Crippen LogP contribution in [0.3, 0.4) is 0 Å². The van der Waals surface area contributed by atoms with Gasteiger partial charge in [-0.3, -0.25) is 4.99 Å². The highest BCUT2D eigenvalue weighted by atomic mass is 35.5. The molecule has 4 aromatic rings. The van der Waals surface area contributed by atoms with Gasteiger partial charge in [0.15, 0.2) is 0 Å². The zero-order chi connectivity index (χ0) is 20.4. The number of anilines is 2. The van der Waals surface area contributed by atoms with Gasteiger partial charge in [0, 0.05) is 39.1 Å². The summed E-state index contributed by atoms with van der Waals surface area (Å²) in [4.78, 5) is 19.7. The molecule has 0 atom stereocenters. The van der Waals surface area contributed by atoms with Crippen molar-refractivity contribution in [2.75, 3.05) is 11.9 Å². The van der Waals surface area contributed by atoms with Crippen molar-refractivity contribution in [2.24, 2.45) is 15.7 Å². The van der Waals surface area contributed by atoms with Gasteiger partial charge in [-0.25, -0.2) is 15.0 Å². The van der Waals surface area contributed by atoms with E-state index in [2.05, 4.69) is 37.0 Å². The Kier molecular flexibility index (Phi) is 5.33. The molecule has 4 rings (SSSR count). The third kappa shape index (κ3) is 4.16. The second kappa shape index (κ2) is 8.06. The third-order valence-corrected chi connectivity index (χ3v) is 4.88. The molecule has 4 N–H and O–H groups in total. The average Bonchev–Trinajstić information content (AvgIpc) is 3.07. The summed E-state index contributed by atoms with van der Waals surface area (Å²) < 4.78 is 0. The maximum Gasteiger partial charge on any atom is 0.227 e. The number of aliphatic imine (C=N–C) groups is 2. The number of hydrogen-bond acceptors (Lipinski definition) is 4. The summed E-state index contributed by atoms with van der Waals surface area (Å²) in [5.41, 5.74) is 9.55. The number of nitrogens with one attached hydrogen (secondary N) is 2. The molecule has 29 heavy (non-hydrogen) atoms. The fraction of sp³-hybridized carbons (Fsp3) is 0.100. The highest BCUT2D eigenvalue weighted by molar-refractivity contribution is 6.32. The molecule has 0 radical (unpaired) electrons. The molecule has 0 aliphatic heterocycles. The van der Waals surface area contributed by atoms with Gasteiger partial charge in [0.05, 0.1) is 17.4 Å². The van der Waals surface area contributed by atoms with E-state index in [4.69, 9.17) is 28.9 Å². The number of aromatic nitrogens is 3. The number of hydrogen-bond donors (Lipinski definition) is 3. The van der Waals surface area contributed by atoms with Crippen molar-refractivity contribution in [3.8, 4) is 0 Å². The number of guanidine groups is 1. The van der Waals surface area contributed by atoms with Crippen LogP contribution in [0, 0.1) is 0 Å². The summed E-state index contributed by atoms with van der Waals surface area (Å²) in [7, 11) is 0. The van der Waals surface area contributed by atoms with E-state index in [0.717, 1.165) is 33.1 Å². The number of aromatic amines is 1. The molecule has 0 amide bonds. The lowest BCUT2D eigenvalue weighted by Gasteiger charge is -2.09. The van der Waals surface area contributed by atoms with E-state index in [-0.39, 0.29) is 5.96 Å². The largest absolute Gasteiger partial charge is 0.368 e. The number of nitrogens with zero attached hydrogens (tertiary/aromatic N) is 4. The number of H-pyrrole nitrogens is 1. The predicted molar refractivity (Wildman–Crippen MR) is 121 cm³/mol. The third-order valence-electron chi connectivity index (χ3n) is 4.44. The van der Waals surface area contributed by atoms with Gasteiger partial charge >= 0.3 is 0 Å². The lowest BCUT2D eigenvalue weighted by atomic mass is 10.0. The maximum absolute atomic E-state index is 6.22. The molecule has 0 spiro atoms. The molecule has 2 aromatic heterocycles. The number of fused-ring (bicyclic) bond motifs is 3. The first kappa shape index (κ1) is 19.2. The SMILES string of the molecule is C=NC(N)=NCCc1cc(Nc2ncc(Cl)cn2)cc2c1[nH]c1ccc(Cl)cc12. The van der Waals surface area contributed by atoms with Crippen molar-refractivity contribution < 1.29 is 0 Å². The molecule has 146 valence electrons. The smallest absolute Gasteiger partial charge is 0.227 e. The van der Waals surface area contributed by atoms with Gasteiger partial charge in [0.1, 0.15) is 0 Å². The van der Waals surface area contributed by atoms with E-state index in [1.54, 1.807) is 12.4 Å². The fourth-order valence-electron chi connectivity index (χ4n) is 3.16. The van der Waals surface area contributed by atoms with E-state index in [9.17, 15) is 0 Å². The molecular formula is C20H17Cl2N7. The molecule has 0 saturated carbocycles. The Labute approximate surface area is 176 Å². The summed E-state index contributed by atoms with van der Waals surface area (Å²) in [5, 5.41) is 6.45. The number of benzene rings is 2. The van der Waals surface area contributed by atoms with Crippen LogP contribution in [0.25, 0.3) is 21.8 Å². The highest BCUT2D eigenvalue weighted by Crippen LogP contribution is 2.33. The van der Waals surface area contributed by atoms with Gasteiger partial charge in [-0.2, -0.15) is 0 Å². The standard InChI is InChI=1S/C20H17Cl2N7/c1-24-19(23)25-5-4-11-6-14(28-20-26-9-13(22)10-27-20)8-16-15-7-12(21)2-3-17(15)29-18(11)16/h2-3,6-10,29H,1,4-5H2,(H2,23,25)(H,26,27,28). The molecule has 0 aliphatic rings. The van der Waals surface area contributed by atoms with E-state index in [0.29, 0.717) is 29.0 Å². The van der Waals surface area contributed by atoms with E-state index in [1.165, 1.54) is 0 Å². The van der Waals surface area contributed by atoms with Crippen molar-refractivity contribution in [1.29, 1.82) is 0 Å². The fourth-order valence-corrected chi connectivity index (χ4v) is 3.43. The summed E-state index contributed by atoms with van der Waals surface area (Å²) in [6.07, 6.45) is 3.74. The van der Waals surface area contributed by atoms with Gasteiger partial charge in [-0.15, -0.1) is 0 Å². The normalized spacial score (nSPS) is 11.9. The molecule has 2 heterocycles. The van der Waals surface area contributed by atoms with Crippen molar-refractivity contribution in [2.45, 2.75) is 6.42 Å². The Balaban J connectivity index is 1.80. The molecule has 0 aliphatic carbocycles. The van der Waals surface area contributed by atoms with Crippen LogP contribution < -0.4 is 11.1 Å². The lowest BCUT2D eigenvalue weighted by molar-refractivity contribution is 0.968. The van der Waals surface area contributed by atoms with Gasteiger partial charge in [-0.05, 0) is 49.0 Å². The minimum atomic E-state index is 0.175. The van der Waals surface area contributed by atoms with Crippen LogP contribution in [0.5, 0.6) is 0 Å². The zero-order valence-corrected chi connectivity index (χ0v) is 16.8. The Hall–Kier alpha value is -3.16. The van der Waals surface area contributed by atoms with Gasteiger partial charge in [0.25, 0.3) is 0 Å². The average molecular weight is 426 g/mol. The van der Waals surface area contributed by atoms with Gasteiger partial charge in [0.2, 0.25) is 11.9 Å². The van der Waals surface area contributed by atoms with Crippen molar-refractivity contribution in [1.82, 2.24) is 15.0 Å². The van der Waals surface area contributed by atoms with Crippen LogP contribution in [-0.2, 0) is 6.42 Å². The predicted octanol–water partition coefficient (Wildman–Crippen LogP) is 4.72. The molecule has 0 bridgehead atoms. The quantitative estimate of drug-likeness (QED) is 0.317. The first-order valence-electron chi connectivity index (χ1n) is 8.78. The molecule has 2 aromatic carbocycles. The first-order valence-corrected chi connectivity index (χ1v) is 9.54. The highest BCUT2D eigenvalue weighted by Gasteiger charge is 2.12. The second-order valence-electron chi connectivity index (χ2n) is 6.37. The summed E-state index contributed by atoms with van der Waals surface area (Å²) in [5.74, 6) is 0.629. The van der Waals surface area contributed by atoms with Crippen molar-refractivity contribution in [3.05, 3.63) is 58.3 Å². The van der Waals surface area contributed by atoms with Crippen molar-refractivity contribution in [3.63, 3.8) is 0 Å². The van der Waals surface area contributed by atoms with E-state index >= 15 is 0 Å². The van der Waals surface area contributed by atoms with Crippen LogP contribution in [0.2, 0.25) is 10.0 Å². The number of rotatable bonds is 5. The Morgan fingerprint density at radius 2 is 1.90 bits per heavy atom.